The Kier molecular flexibility index (Phi) is 7.54. The van der Waals surface area contributed by atoms with Crippen molar-refractivity contribution in [2.75, 3.05) is 26.9 Å². The summed E-state index contributed by atoms with van der Waals surface area (Å²) in [7, 11) is 1.47. The van der Waals surface area contributed by atoms with Crippen LogP contribution in [0.5, 0.6) is 0 Å². The summed E-state index contributed by atoms with van der Waals surface area (Å²) in [6.45, 7) is -0.208. The van der Waals surface area contributed by atoms with Crippen LogP contribution in [0.25, 0.3) is 0 Å². The van der Waals surface area contributed by atoms with Crippen LogP contribution in [0, 0.1) is 0 Å². The average Bonchev–Trinajstić information content (AvgIpc) is 2.22. The van der Waals surface area contributed by atoms with E-state index in [0.29, 0.717) is 6.29 Å². The molecule has 6 heteroatoms. The third-order valence-electron chi connectivity index (χ3n) is 1.65. The first-order chi connectivity index (χ1) is 6.67. The van der Waals surface area contributed by atoms with Gasteiger partial charge in [0.05, 0.1) is 19.8 Å². The molecule has 0 aromatic carbocycles. The van der Waals surface area contributed by atoms with Gasteiger partial charge in [-0.3, -0.25) is 0 Å². The normalized spacial score (nSPS) is 17.4. The predicted octanol–water partition coefficient (Wildman–Crippen LogP) is -2.07. The zero-order valence-electron chi connectivity index (χ0n) is 8.00. The van der Waals surface area contributed by atoms with Crippen molar-refractivity contribution in [2.24, 2.45) is 0 Å². The Labute approximate surface area is 82.1 Å². The molecule has 0 aliphatic heterocycles. The molecule has 0 aliphatic rings. The summed E-state index contributed by atoms with van der Waals surface area (Å²) in [5, 5.41) is 26.8. The zero-order valence-corrected chi connectivity index (χ0v) is 8.00. The van der Waals surface area contributed by atoms with E-state index in [1.54, 1.807) is 0 Å². The number of aliphatic hydroxyl groups excluding tert-OH is 3. The summed E-state index contributed by atoms with van der Waals surface area (Å²) in [6, 6.07) is 0. The van der Waals surface area contributed by atoms with Crippen molar-refractivity contribution in [3.8, 4) is 0 Å². The van der Waals surface area contributed by atoms with E-state index in [1.807, 2.05) is 0 Å². The van der Waals surface area contributed by atoms with Crippen LogP contribution >= 0.6 is 0 Å². The van der Waals surface area contributed by atoms with Crippen molar-refractivity contribution in [3.05, 3.63) is 0 Å². The van der Waals surface area contributed by atoms with Gasteiger partial charge in [-0.25, -0.2) is 0 Å². The molecule has 0 radical (unpaired) electrons. The molecule has 0 unspecified atom stereocenters. The highest BCUT2D eigenvalue weighted by atomic mass is 16.5. The van der Waals surface area contributed by atoms with E-state index in [0.717, 1.165) is 0 Å². The second kappa shape index (κ2) is 7.84. The van der Waals surface area contributed by atoms with E-state index in [1.165, 1.54) is 7.11 Å². The lowest BCUT2D eigenvalue weighted by Gasteiger charge is -2.21. The monoisotopic (exact) mass is 208 g/mol. The molecule has 0 aromatic heterocycles. The first-order valence-electron chi connectivity index (χ1n) is 4.20. The molecule has 0 saturated heterocycles. The van der Waals surface area contributed by atoms with Crippen LogP contribution in [0.4, 0.5) is 0 Å². The van der Waals surface area contributed by atoms with E-state index in [2.05, 4.69) is 4.74 Å². The molecule has 0 heterocycles. The van der Waals surface area contributed by atoms with Crippen molar-refractivity contribution >= 4 is 6.29 Å². The van der Waals surface area contributed by atoms with Crippen molar-refractivity contribution in [1.82, 2.24) is 0 Å². The Bertz CT molecular complexity index is 151. The van der Waals surface area contributed by atoms with Gasteiger partial charge in [0.2, 0.25) is 0 Å². The molecular weight excluding hydrogens is 192 g/mol. The number of hydrogen-bond donors (Lipinski definition) is 3. The maximum Gasteiger partial charge on any atom is 0.151 e. The molecule has 0 aliphatic carbocycles. The van der Waals surface area contributed by atoms with Gasteiger partial charge in [0, 0.05) is 7.11 Å². The Hall–Kier alpha value is -0.530. The summed E-state index contributed by atoms with van der Waals surface area (Å²) in [4.78, 5) is 10.4. The molecule has 3 atom stereocenters. The molecule has 0 saturated carbocycles. The van der Waals surface area contributed by atoms with Crippen LogP contribution in [0.15, 0.2) is 0 Å². The predicted molar refractivity (Wildman–Crippen MR) is 46.8 cm³/mol. The fraction of sp³-hybridized carbons (Fsp3) is 0.875. The maximum absolute atomic E-state index is 10.4. The minimum absolute atomic E-state index is 0.134. The molecule has 0 fully saturated rings. The summed E-state index contributed by atoms with van der Waals surface area (Å²) in [5.41, 5.74) is 0. The van der Waals surface area contributed by atoms with Gasteiger partial charge in [-0.15, -0.1) is 0 Å². The number of ether oxygens (including phenoxy) is 2. The van der Waals surface area contributed by atoms with Crippen molar-refractivity contribution < 1.29 is 29.6 Å². The van der Waals surface area contributed by atoms with E-state index >= 15 is 0 Å². The minimum Gasteiger partial charge on any atom is -0.394 e. The van der Waals surface area contributed by atoms with Crippen LogP contribution in [0.1, 0.15) is 0 Å². The fourth-order valence-corrected chi connectivity index (χ4v) is 0.813. The highest BCUT2D eigenvalue weighted by Gasteiger charge is 2.25. The molecule has 84 valence electrons. The van der Waals surface area contributed by atoms with Gasteiger partial charge < -0.3 is 29.6 Å². The number of rotatable bonds is 8. The van der Waals surface area contributed by atoms with E-state index in [9.17, 15) is 9.90 Å². The molecule has 14 heavy (non-hydrogen) atoms. The quantitative estimate of drug-likeness (QED) is 0.313. The molecule has 3 N–H and O–H groups in total. The lowest BCUT2D eigenvalue weighted by molar-refractivity contribution is -0.138. The Balaban J connectivity index is 3.92. The number of aliphatic hydroxyl groups is 3. The number of carbonyl (C=O) groups is 1. The maximum atomic E-state index is 10.4. The Morgan fingerprint density at radius 2 is 2.00 bits per heavy atom. The van der Waals surface area contributed by atoms with Gasteiger partial charge in [-0.2, -0.15) is 0 Å². The number of methoxy groups -OCH3 is 1. The summed E-state index contributed by atoms with van der Waals surface area (Å²) in [5.74, 6) is 0. The van der Waals surface area contributed by atoms with E-state index < -0.39 is 24.9 Å². The molecule has 0 rings (SSSR count). The smallest absolute Gasteiger partial charge is 0.151 e. The molecular formula is C8H16O6. The Morgan fingerprint density at radius 3 is 2.43 bits per heavy atom. The van der Waals surface area contributed by atoms with Gasteiger partial charge >= 0.3 is 0 Å². The van der Waals surface area contributed by atoms with Crippen LogP contribution in [-0.4, -0.2) is 66.8 Å². The average molecular weight is 208 g/mol. The zero-order chi connectivity index (χ0) is 11.0. The standard InChI is InChI=1S/C8H16O6/c1-13-2-3-14-7(5-10)8(12)6(11)4-9/h5-9,11-12H,2-4H2,1H3/t6-,7+,8-/m1/s1. The van der Waals surface area contributed by atoms with Gasteiger partial charge in [-0.1, -0.05) is 0 Å². The van der Waals surface area contributed by atoms with Gasteiger partial charge in [-0.05, 0) is 0 Å². The van der Waals surface area contributed by atoms with Crippen molar-refractivity contribution in [1.29, 1.82) is 0 Å². The first-order valence-corrected chi connectivity index (χ1v) is 4.20. The van der Waals surface area contributed by atoms with Gasteiger partial charge in [0.25, 0.3) is 0 Å². The van der Waals surface area contributed by atoms with Crippen molar-refractivity contribution in [3.63, 3.8) is 0 Å². The molecule has 0 amide bonds. The minimum atomic E-state index is -1.42. The third kappa shape index (κ3) is 4.64. The topological polar surface area (TPSA) is 96.2 Å². The first kappa shape index (κ1) is 13.5. The summed E-state index contributed by atoms with van der Waals surface area (Å²) in [6.07, 6.45) is -3.58. The third-order valence-corrected chi connectivity index (χ3v) is 1.65. The lowest BCUT2D eigenvalue weighted by atomic mass is 10.1. The molecule has 0 bridgehead atoms. The van der Waals surface area contributed by atoms with Crippen LogP contribution in [0.3, 0.4) is 0 Å². The van der Waals surface area contributed by atoms with Crippen molar-refractivity contribution in [2.45, 2.75) is 18.3 Å². The second-order valence-electron chi connectivity index (χ2n) is 2.70. The molecule has 0 aromatic rings. The van der Waals surface area contributed by atoms with Crippen LogP contribution in [-0.2, 0) is 14.3 Å². The largest absolute Gasteiger partial charge is 0.394 e. The summed E-state index contributed by atoms with van der Waals surface area (Å²) >= 11 is 0. The molecule has 6 nitrogen and oxygen atoms in total. The molecule has 0 spiro atoms. The van der Waals surface area contributed by atoms with Crippen LogP contribution in [0.2, 0.25) is 0 Å². The van der Waals surface area contributed by atoms with E-state index in [4.69, 9.17) is 14.9 Å². The second-order valence-corrected chi connectivity index (χ2v) is 2.70. The number of aldehydes is 1. The van der Waals surface area contributed by atoms with E-state index in [-0.39, 0.29) is 13.2 Å². The van der Waals surface area contributed by atoms with Gasteiger partial charge in [0.15, 0.2) is 6.29 Å². The number of hydrogen-bond acceptors (Lipinski definition) is 6. The number of carbonyl (C=O) groups excluding carboxylic acids is 1. The highest BCUT2D eigenvalue weighted by Crippen LogP contribution is 2.02. The Morgan fingerprint density at radius 1 is 1.36 bits per heavy atom. The summed E-state index contributed by atoms with van der Waals surface area (Å²) < 4.78 is 9.57. The van der Waals surface area contributed by atoms with Gasteiger partial charge in [0.1, 0.15) is 18.3 Å². The van der Waals surface area contributed by atoms with Crippen LogP contribution < -0.4 is 0 Å². The fourth-order valence-electron chi connectivity index (χ4n) is 0.813. The highest BCUT2D eigenvalue weighted by molar-refractivity contribution is 5.57. The SMILES string of the molecule is COCCO[C@@H](C=O)[C@H](O)[C@H](O)CO. The lowest BCUT2D eigenvalue weighted by Crippen LogP contribution is -2.42.